The smallest absolute Gasteiger partial charge is 0.289 e. The quantitative estimate of drug-likeness (QED) is 0.888. The number of hydrogen-bond acceptors (Lipinski definition) is 4. The van der Waals surface area contributed by atoms with Crippen molar-refractivity contribution >= 4 is 11.8 Å². The van der Waals surface area contributed by atoms with E-state index in [-0.39, 0.29) is 23.8 Å². The standard InChI is InChI=1S/C15H22N2O4/c1-11(10-20-2)16-14(18)12-5-7-17(8-6-12)15(19)13-4-3-9-21-13/h3-4,9,11-12H,5-8,10H2,1-2H3,(H,16,18)/t11-/m0/s1. The van der Waals surface area contributed by atoms with Crippen molar-refractivity contribution in [3.63, 3.8) is 0 Å². The number of nitrogens with one attached hydrogen (secondary N) is 1. The van der Waals surface area contributed by atoms with Crippen LogP contribution in [0.2, 0.25) is 0 Å². The molecule has 21 heavy (non-hydrogen) atoms. The highest BCUT2D eigenvalue weighted by Gasteiger charge is 2.29. The lowest BCUT2D eigenvalue weighted by Crippen LogP contribution is -2.45. The number of likely N-dealkylation sites (tertiary alicyclic amines) is 1. The first-order valence-electron chi connectivity index (χ1n) is 7.24. The lowest BCUT2D eigenvalue weighted by atomic mass is 9.95. The van der Waals surface area contributed by atoms with Gasteiger partial charge in [-0.05, 0) is 31.9 Å². The molecule has 1 N–H and O–H groups in total. The Kier molecular flexibility index (Phi) is 5.38. The van der Waals surface area contributed by atoms with Crippen molar-refractivity contribution in [2.45, 2.75) is 25.8 Å². The predicted octanol–water partition coefficient (Wildman–Crippen LogP) is 1.28. The van der Waals surface area contributed by atoms with E-state index >= 15 is 0 Å². The van der Waals surface area contributed by atoms with Gasteiger partial charge in [0.25, 0.3) is 5.91 Å². The molecule has 116 valence electrons. The number of nitrogens with zero attached hydrogens (tertiary/aromatic N) is 1. The highest BCUT2D eigenvalue weighted by Crippen LogP contribution is 2.19. The van der Waals surface area contributed by atoms with Gasteiger partial charge in [0.2, 0.25) is 5.91 Å². The van der Waals surface area contributed by atoms with Crippen LogP contribution in [0.3, 0.4) is 0 Å². The van der Waals surface area contributed by atoms with Crippen LogP contribution >= 0.6 is 0 Å². The molecule has 0 aliphatic carbocycles. The van der Waals surface area contributed by atoms with E-state index in [4.69, 9.17) is 9.15 Å². The predicted molar refractivity (Wildman–Crippen MR) is 76.8 cm³/mol. The monoisotopic (exact) mass is 294 g/mol. The van der Waals surface area contributed by atoms with Crippen molar-refractivity contribution in [1.29, 1.82) is 0 Å². The van der Waals surface area contributed by atoms with E-state index in [0.717, 1.165) is 0 Å². The Morgan fingerprint density at radius 3 is 2.76 bits per heavy atom. The molecule has 0 aromatic carbocycles. The van der Waals surface area contributed by atoms with E-state index in [1.165, 1.54) is 6.26 Å². The van der Waals surface area contributed by atoms with Gasteiger partial charge in [0.05, 0.1) is 12.9 Å². The Morgan fingerprint density at radius 2 is 2.19 bits per heavy atom. The van der Waals surface area contributed by atoms with Crippen LogP contribution in [0.25, 0.3) is 0 Å². The third-order valence-electron chi connectivity index (χ3n) is 3.69. The Bertz CT molecular complexity index is 464. The van der Waals surface area contributed by atoms with Gasteiger partial charge in [-0.3, -0.25) is 9.59 Å². The number of methoxy groups -OCH3 is 1. The van der Waals surface area contributed by atoms with Crippen molar-refractivity contribution in [2.75, 3.05) is 26.8 Å². The van der Waals surface area contributed by atoms with Crippen molar-refractivity contribution in [3.05, 3.63) is 24.2 Å². The van der Waals surface area contributed by atoms with Crippen LogP contribution in [0.5, 0.6) is 0 Å². The number of furan rings is 1. The Balaban J connectivity index is 1.80. The fourth-order valence-electron chi connectivity index (χ4n) is 2.55. The molecule has 1 aliphatic rings. The summed E-state index contributed by atoms with van der Waals surface area (Å²) in [5.41, 5.74) is 0. The number of hydrogen-bond donors (Lipinski definition) is 1. The molecular weight excluding hydrogens is 272 g/mol. The topological polar surface area (TPSA) is 71.8 Å². The maximum absolute atomic E-state index is 12.1. The van der Waals surface area contributed by atoms with Gasteiger partial charge in [0, 0.05) is 32.2 Å². The van der Waals surface area contributed by atoms with E-state index < -0.39 is 0 Å². The summed E-state index contributed by atoms with van der Waals surface area (Å²) in [5, 5.41) is 2.94. The summed E-state index contributed by atoms with van der Waals surface area (Å²) in [6.07, 6.45) is 2.85. The van der Waals surface area contributed by atoms with Gasteiger partial charge in [-0.15, -0.1) is 0 Å². The highest BCUT2D eigenvalue weighted by molar-refractivity contribution is 5.91. The van der Waals surface area contributed by atoms with Crippen LogP contribution in [-0.4, -0.2) is 49.6 Å². The summed E-state index contributed by atoms with van der Waals surface area (Å²) in [5.74, 6) is 0.257. The number of carbonyl (C=O) groups excluding carboxylic acids is 2. The van der Waals surface area contributed by atoms with Gasteiger partial charge in [0.15, 0.2) is 5.76 Å². The number of ether oxygens (including phenoxy) is 1. The van der Waals surface area contributed by atoms with Gasteiger partial charge < -0.3 is 19.4 Å². The van der Waals surface area contributed by atoms with E-state index in [0.29, 0.717) is 38.3 Å². The van der Waals surface area contributed by atoms with Gasteiger partial charge >= 0.3 is 0 Å². The second-order valence-corrected chi connectivity index (χ2v) is 5.41. The molecule has 1 aliphatic heterocycles. The van der Waals surface area contributed by atoms with Crippen LogP contribution in [0.4, 0.5) is 0 Å². The molecule has 1 saturated heterocycles. The number of carbonyl (C=O) groups is 2. The Morgan fingerprint density at radius 1 is 1.48 bits per heavy atom. The van der Waals surface area contributed by atoms with Crippen LogP contribution in [0.15, 0.2) is 22.8 Å². The zero-order valence-electron chi connectivity index (χ0n) is 12.5. The molecule has 2 heterocycles. The van der Waals surface area contributed by atoms with Gasteiger partial charge in [-0.25, -0.2) is 0 Å². The lowest BCUT2D eigenvalue weighted by Gasteiger charge is -2.31. The van der Waals surface area contributed by atoms with Crippen molar-refractivity contribution in [1.82, 2.24) is 10.2 Å². The molecule has 2 rings (SSSR count). The van der Waals surface area contributed by atoms with E-state index in [2.05, 4.69) is 5.32 Å². The summed E-state index contributed by atoms with van der Waals surface area (Å²) in [6, 6.07) is 3.36. The average molecular weight is 294 g/mol. The van der Waals surface area contributed by atoms with E-state index in [1.54, 1.807) is 24.1 Å². The molecule has 0 unspecified atom stereocenters. The average Bonchev–Trinajstić information content (AvgIpc) is 3.01. The molecule has 1 atom stereocenters. The summed E-state index contributed by atoms with van der Waals surface area (Å²) < 4.78 is 10.1. The molecule has 2 amide bonds. The molecular formula is C15H22N2O4. The molecule has 0 bridgehead atoms. The fraction of sp³-hybridized carbons (Fsp3) is 0.600. The first-order chi connectivity index (χ1) is 10.1. The van der Waals surface area contributed by atoms with Crippen LogP contribution in [-0.2, 0) is 9.53 Å². The maximum Gasteiger partial charge on any atom is 0.289 e. The van der Waals surface area contributed by atoms with Gasteiger partial charge in [-0.1, -0.05) is 0 Å². The van der Waals surface area contributed by atoms with Crippen molar-refractivity contribution < 1.29 is 18.7 Å². The second kappa shape index (κ2) is 7.26. The summed E-state index contributed by atoms with van der Waals surface area (Å²) in [7, 11) is 1.61. The summed E-state index contributed by atoms with van der Waals surface area (Å²) >= 11 is 0. The molecule has 1 aromatic heterocycles. The lowest BCUT2D eigenvalue weighted by molar-refractivity contribution is -0.127. The zero-order chi connectivity index (χ0) is 15.2. The molecule has 1 fully saturated rings. The second-order valence-electron chi connectivity index (χ2n) is 5.41. The zero-order valence-corrected chi connectivity index (χ0v) is 12.5. The number of rotatable bonds is 5. The van der Waals surface area contributed by atoms with Crippen LogP contribution < -0.4 is 5.32 Å². The van der Waals surface area contributed by atoms with E-state index in [9.17, 15) is 9.59 Å². The molecule has 0 saturated carbocycles. The number of piperidine rings is 1. The molecule has 0 radical (unpaired) electrons. The maximum atomic E-state index is 12.1. The third-order valence-corrected chi connectivity index (χ3v) is 3.69. The van der Waals surface area contributed by atoms with Gasteiger partial charge in [0.1, 0.15) is 0 Å². The van der Waals surface area contributed by atoms with Crippen molar-refractivity contribution in [2.24, 2.45) is 5.92 Å². The van der Waals surface area contributed by atoms with Crippen LogP contribution in [0.1, 0.15) is 30.3 Å². The van der Waals surface area contributed by atoms with Crippen LogP contribution in [0, 0.1) is 5.92 Å². The summed E-state index contributed by atoms with van der Waals surface area (Å²) in [4.78, 5) is 26.0. The Labute approximate surface area is 124 Å². The minimum atomic E-state index is -0.105. The molecule has 6 nitrogen and oxygen atoms in total. The first kappa shape index (κ1) is 15.6. The third kappa shape index (κ3) is 4.07. The SMILES string of the molecule is COC[C@H](C)NC(=O)C1CCN(C(=O)c2ccco2)CC1. The Hall–Kier alpha value is -1.82. The normalized spacial score (nSPS) is 17.5. The molecule has 1 aromatic rings. The highest BCUT2D eigenvalue weighted by atomic mass is 16.5. The van der Waals surface area contributed by atoms with E-state index in [1.807, 2.05) is 6.92 Å². The largest absolute Gasteiger partial charge is 0.459 e. The number of amides is 2. The first-order valence-corrected chi connectivity index (χ1v) is 7.24. The van der Waals surface area contributed by atoms with Gasteiger partial charge in [-0.2, -0.15) is 0 Å². The molecule has 6 heteroatoms. The summed E-state index contributed by atoms with van der Waals surface area (Å²) in [6.45, 7) is 3.57. The molecule has 0 spiro atoms. The minimum absolute atomic E-state index is 0.00489. The fourth-order valence-corrected chi connectivity index (χ4v) is 2.55. The minimum Gasteiger partial charge on any atom is -0.459 e. The van der Waals surface area contributed by atoms with Crippen molar-refractivity contribution in [3.8, 4) is 0 Å².